The highest BCUT2D eigenvalue weighted by Gasteiger charge is 2.18. The van der Waals surface area contributed by atoms with E-state index in [0.717, 1.165) is 20.9 Å². The number of hydrogen-bond acceptors (Lipinski definition) is 3. The summed E-state index contributed by atoms with van der Waals surface area (Å²) in [5, 5.41) is 3.75. The fourth-order valence-electron chi connectivity index (χ4n) is 2.05. The Morgan fingerprint density at radius 3 is 2.86 bits per heavy atom. The van der Waals surface area contributed by atoms with E-state index in [2.05, 4.69) is 26.2 Å². The van der Waals surface area contributed by atoms with Crippen molar-refractivity contribution in [1.82, 2.24) is 10.3 Å². The van der Waals surface area contributed by atoms with Crippen LogP contribution in [0.3, 0.4) is 0 Å². The van der Waals surface area contributed by atoms with Gasteiger partial charge in [0, 0.05) is 34.2 Å². The first-order valence-electron chi connectivity index (χ1n) is 6.75. The van der Waals surface area contributed by atoms with E-state index >= 15 is 0 Å². The molecule has 1 unspecified atom stereocenters. The van der Waals surface area contributed by atoms with Gasteiger partial charge in [0.15, 0.2) is 0 Å². The monoisotopic (exact) mass is 353 g/mol. The zero-order chi connectivity index (χ0) is 15.6. The largest absolute Gasteiger partial charge is 0.444 e. The van der Waals surface area contributed by atoms with Crippen LogP contribution in [0, 0.1) is 0 Å². The Morgan fingerprint density at radius 1 is 1.48 bits per heavy atom. The summed E-state index contributed by atoms with van der Waals surface area (Å²) in [4.78, 5) is 14.8. The number of carbonyl (C=O) groups is 1. The molecule has 1 amide bonds. The van der Waals surface area contributed by atoms with Crippen LogP contribution in [0.1, 0.15) is 32.4 Å². The van der Waals surface area contributed by atoms with Crippen molar-refractivity contribution in [3.63, 3.8) is 0 Å². The molecule has 0 fully saturated rings. The second-order valence-electron chi connectivity index (χ2n) is 5.92. The van der Waals surface area contributed by atoms with Crippen molar-refractivity contribution in [2.75, 3.05) is 6.54 Å². The molecule has 0 aliphatic carbocycles. The Hall–Kier alpha value is -1.53. The number of aromatic nitrogens is 1. The third-order valence-electron chi connectivity index (χ3n) is 2.94. The molecule has 1 heterocycles. The van der Waals surface area contributed by atoms with Gasteiger partial charge in [-0.15, -0.1) is 0 Å². The third kappa shape index (κ3) is 4.22. The van der Waals surface area contributed by atoms with Crippen LogP contribution in [0.4, 0.5) is 4.79 Å². The molecule has 114 valence electrons. The summed E-state index contributed by atoms with van der Waals surface area (Å²) in [7, 11) is 0. The molecule has 0 aliphatic heterocycles. The van der Waals surface area contributed by atoms with Crippen molar-refractivity contribution in [1.29, 1.82) is 0 Å². The minimum atomic E-state index is -0.513. The van der Waals surface area contributed by atoms with Crippen LogP contribution in [0.5, 0.6) is 0 Å². The van der Waals surface area contributed by atoms with Crippen molar-refractivity contribution in [3.05, 3.63) is 34.4 Å². The van der Waals surface area contributed by atoms with Crippen LogP contribution in [-0.4, -0.2) is 23.2 Å². The van der Waals surface area contributed by atoms with E-state index in [4.69, 9.17) is 10.5 Å². The number of halogens is 1. The maximum Gasteiger partial charge on any atom is 0.407 e. The van der Waals surface area contributed by atoms with Crippen LogP contribution >= 0.6 is 15.9 Å². The lowest BCUT2D eigenvalue weighted by Gasteiger charge is -2.20. The maximum absolute atomic E-state index is 11.6. The van der Waals surface area contributed by atoms with Crippen LogP contribution in [0.2, 0.25) is 0 Å². The Bertz CT molecular complexity index is 646. The van der Waals surface area contributed by atoms with Crippen LogP contribution in [0.15, 0.2) is 28.9 Å². The first-order chi connectivity index (χ1) is 9.76. The van der Waals surface area contributed by atoms with Gasteiger partial charge in [0.05, 0.1) is 0 Å². The van der Waals surface area contributed by atoms with E-state index < -0.39 is 11.7 Å². The highest BCUT2D eigenvalue weighted by molar-refractivity contribution is 9.10. The van der Waals surface area contributed by atoms with Gasteiger partial charge in [0.25, 0.3) is 0 Å². The van der Waals surface area contributed by atoms with E-state index in [1.807, 2.05) is 45.2 Å². The van der Waals surface area contributed by atoms with Gasteiger partial charge >= 0.3 is 6.09 Å². The Labute approximate surface area is 132 Å². The predicted octanol–water partition coefficient (Wildman–Crippen LogP) is 3.45. The number of ether oxygens (including phenoxy) is 1. The number of benzene rings is 1. The molecule has 1 atom stereocenters. The molecule has 21 heavy (non-hydrogen) atoms. The summed E-state index contributed by atoms with van der Waals surface area (Å²) >= 11 is 3.43. The number of amides is 1. The number of nitrogens with one attached hydrogen (secondary N) is 2. The van der Waals surface area contributed by atoms with Crippen LogP contribution in [-0.2, 0) is 4.74 Å². The summed E-state index contributed by atoms with van der Waals surface area (Å²) in [6.45, 7) is 5.79. The number of alkyl carbamates (subject to hydrolysis) is 1. The Morgan fingerprint density at radius 2 is 2.19 bits per heavy atom. The highest BCUT2D eigenvalue weighted by Crippen LogP contribution is 2.25. The molecular weight excluding hydrogens is 334 g/mol. The normalized spacial score (nSPS) is 13.2. The maximum atomic E-state index is 11.6. The molecule has 0 aliphatic rings. The fourth-order valence-corrected chi connectivity index (χ4v) is 2.41. The van der Waals surface area contributed by atoms with Gasteiger partial charge in [-0.2, -0.15) is 0 Å². The minimum absolute atomic E-state index is 0.299. The van der Waals surface area contributed by atoms with Crippen molar-refractivity contribution < 1.29 is 9.53 Å². The van der Waals surface area contributed by atoms with E-state index in [1.165, 1.54) is 0 Å². The zero-order valence-corrected chi connectivity index (χ0v) is 14.0. The summed E-state index contributed by atoms with van der Waals surface area (Å²) in [5.74, 6) is 0. The second-order valence-corrected chi connectivity index (χ2v) is 6.84. The topological polar surface area (TPSA) is 80.1 Å². The zero-order valence-electron chi connectivity index (χ0n) is 12.4. The van der Waals surface area contributed by atoms with Gasteiger partial charge in [-0.1, -0.05) is 22.0 Å². The van der Waals surface area contributed by atoms with Crippen molar-refractivity contribution >= 4 is 32.9 Å². The summed E-state index contributed by atoms with van der Waals surface area (Å²) in [6, 6.07) is 5.66. The third-order valence-corrected chi connectivity index (χ3v) is 3.43. The van der Waals surface area contributed by atoms with Crippen molar-refractivity contribution in [2.45, 2.75) is 32.4 Å². The standard InChI is InChI=1S/C15H20BrN3O2/c1-15(2,3)21-14(20)19-8-12(17)11-7-18-13-6-9(16)4-5-10(11)13/h4-7,12,18H,8,17H2,1-3H3,(H,19,20). The SMILES string of the molecule is CC(C)(C)OC(=O)NCC(N)c1c[nH]c2cc(Br)ccc12. The Balaban J connectivity index is 2.02. The lowest BCUT2D eigenvalue weighted by atomic mass is 10.1. The van der Waals surface area contributed by atoms with Crippen molar-refractivity contribution in [2.24, 2.45) is 5.73 Å². The first kappa shape index (κ1) is 15.9. The number of aromatic amines is 1. The number of H-pyrrole nitrogens is 1. The fraction of sp³-hybridized carbons (Fsp3) is 0.400. The van der Waals surface area contributed by atoms with E-state index in [9.17, 15) is 4.79 Å². The molecular formula is C15H20BrN3O2. The summed E-state index contributed by atoms with van der Waals surface area (Å²) in [6.07, 6.45) is 1.42. The molecule has 4 N–H and O–H groups in total. The molecule has 2 rings (SSSR count). The molecule has 0 saturated carbocycles. The molecule has 1 aromatic heterocycles. The van der Waals surface area contributed by atoms with Gasteiger partial charge in [-0.05, 0) is 38.5 Å². The van der Waals surface area contributed by atoms with Gasteiger partial charge in [-0.25, -0.2) is 4.79 Å². The van der Waals surface area contributed by atoms with E-state index in [1.54, 1.807) is 0 Å². The average Bonchev–Trinajstić information content (AvgIpc) is 2.76. The quantitative estimate of drug-likeness (QED) is 0.790. The number of fused-ring (bicyclic) bond motifs is 1. The smallest absolute Gasteiger partial charge is 0.407 e. The lowest BCUT2D eigenvalue weighted by Crippen LogP contribution is -2.36. The van der Waals surface area contributed by atoms with Gasteiger partial charge in [-0.3, -0.25) is 0 Å². The molecule has 0 saturated heterocycles. The molecule has 1 aromatic carbocycles. The molecule has 2 aromatic rings. The van der Waals surface area contributed by atoms with Gasteiger partial charge in [0.2, 0.25) is 0 Å². The Kier molecular flexibility index (Phi) is 4.58. The molecule has 0 radical (unpaired) electrons. The number of hydrogen-bond donors (Lipinski definition) is 3. The second kappa shape index (κ2) is 6.07. The summed E-state index contributed by atoms with van der Waals surface area (Å²) in [5.41, 5.74) is 7.61. The predicted molar refractivity (Wildman–Crippen MR) is 87.2 cm³/mol. The van der Waals surface area contributed by atoms with Gasteiger partial charge in [0.1, 0.15) is 5.60 Å². The lowest BCUT2D eigenvalue weighted by molar-refractivity contribution is 0.0524. The van der Waals surface area contributed by atoms with Crippen molar-refractivity contribution in [3.8, 4) is 0 Å². The molecule has 5 nitrogen and oxygen atoms in total. The number of nitrogens with two attached hydrogens (primary N) is 1. The van der Waals surface area contributed by atoms with Crippen LogP contribution in [0.25, 0.3) is 10.9 Å². The highest BCUT2D eigenvalue weighted by atomic mass is 79.9. The van der Waals surface area contributed by atoms with E-state index in [0.29, 0.717) is 6.54 Å². The molecule has 6 heteroatoms. The number of rotatable bonds is 3. The average molecular weight is 354 g/mol. The minimum Gasteiger partial charge on any atom is -0.444 e. The number of carbonyl (C=O) groups excluding carboxylic acids is 1. The molecule has 0 spiro atoms. The summed E-state index contributed by atoms with van der Waals surface area (Å²) < 4.78 is 6.19. The first-order valence-corrected chi connectivity index (χ1v) is 7.54. The van der Waals surface area contributed by atoms with Gasteiger partial charge < -0.3 is 20.8 Å². The van der Waals surface area contributed by atoms with Crippen LogP contribution < -0.4 is 11.1 Å². The molecule has 0 bridgehead atoms. The van der Waals surface area contributed by atoms with E-state index in [-0.39, 0.29) is 6.04 Å².